The predicted octanol–water partition coefficient (Wildman–Crippen LogP) is 5.64. The quantitative estimate of drug-likeness (QED) is 0.241. The van der Waals surface area contributed by atoms with Gasteiger partial charge in [-0.15, -0.1) is 6.07 Å². The van der Waals surface area contributed by atoms with Crippen LogP contribution in [0.15, 0.2) is 85.1 Å². The Kier molecular flexibility index (Phi) is 9.42. The summed E-state index contributed by atoms with van der Waals surface area (Å²) >= 11 is 0. The van der Waals surface area contributed by atoms with E-state index in [0.29, 0.717) is 6.61 Å². The van der Waals surface area contributed by atoms with Gasteiger partial charge in [0, 0.05) is 71.0 Å². The number of para-hydroxylation sites is 1. The fraction of sp³-hybridized carbons (Fsp3) is 0.0357. The second-order valence-electron chi connectivity index (χ2n) is 7.27. The number of carboxylic acid groups (broad SMARTS) is 1. The number of ether oxygens (including phenoxy) is 1. The number of aromatic carboxylic acids is 1. The summed E-state index contributed by atoms with van der Waals surface area (Å²) in [5.41, 5.74) is 5.96. The molecule has 0 bridgehead atoms. The molecule has 6 rings (SSSR count). The first-order chi connectivity index (χ1) is 16.2. The van der Waals surface area contributed by atoms with Crippen LogP contribution < -0.4 is 4.74 Å². The number of pyridine rings is 2. The minimum absolute atomic E-state index is 0. The van der Waals surface area contributed by atoms with Crippen LogP contribution in [0.4, 0.5) is 0 Å². The zero-order valence-corrected chi connectivity index (χ0v) is 23.6. The number of fused-ring (bicyclic) bond motifs is 4. The van der Waals surface area contributed by atoms with Gasteiger partial charge in [0.1, 0.15) is 11.4 Å². The summed E-state index contributed by atoms with van der Waals surface area (Å²) in [6, 6.07) is 34.5. The minimum atomic E-state index is -0.990. The number of aromatic nitrogens is 2. The first-order valence-corrected chi connectivity index (χ1v) is 10.3. The van der Waals surface area contributed by atoms with E-state index in [1.54, 1.807) is 12.1 Å². The SMILES string of the molecule is O=C(O)c1ccccn1.[Ir].[Y].[c-]1ccccc1-c1[c-]c[c-]c2c1COc1cc3ccccc3nc1-2. The maximum absolute atomic E-state index is 10.1. The standard InChI is InChI=1S/C22H12NO.C6H5NO2.Ir.Y/c1-2-7-15(8-3-1)17-10-6-11-18-19(17)14-24-21-13-16-9-4-5-12-20(16)23-22(18)21;8-6(9)5-3-1-2-4-7-5;;/h1-7,9,12-13H,14H2;1-4H,(H,8,9);;/q-3;;;. The van der Waals surface area contributed by atoms with E-state index in [9.17, 15) is 4.79 Å². The first-order valence-electron chi connectivity index (χ1n) is 10.3. The van der Waals surface area contributed by atoms with Crippen LogP contribution in [0.1, 0.15) is 16.1 Å². The van der Waals surface area contributed by atoms with Gasteiger partial charge in [0.05, 0.1) is 11.2 Å². The minimum Gasteiger partial charge on any atom is -0.505 e. The first kappa shape index (κ1) is 26.8. The number of nitrogens with zero attached hydrogens (tertiary/aromatic N) is 2. The summed E-state index contributed by atoms with van der Waals surface area (Å²) in [6.07, 6.45) is 1.45. The zero-order chi connectivity index (χ0) is 22.6. The predicted molar refractivity (Wildman–Crippen MR) is 125 cm³/mol. The molecule has 3 aromatic carbocycles. The molecule has 0 unspecified atom stereocenters. The molecule has 0 saturated heterocycles. The van der Waals surface area contributed by atoms with E-state index in [1.165, 1.54) is 12.3 Å². The van der Waals surface area contributed by atoms with Crippen LogP contribution in [-0.2, 0) is 59.4 Å². The Morgan fingerprint density at radius 3 is 2.43 bits per heavy atom. The average molecular weight is 711 g/mol. The molecule has 7 heteroatoms. The smallest absolute Gasteiger partial charge is 0.354 e. The number of carboxylic acids is 1. The van der Waals surface area contributed by atoms with Gasteiger partial charge in [-0.3, -0.25) is 12.1 Å². The van der Waals surface area contributed by atoms with E-state index in [0.717, 1.165) is 44.6 Å². The van der Waals surface area contributed by atoms with Crippen molar-refractivity contribution in [3.63, 3.8) is 0 Å². The zero-order valence-electron chi connectivity index (χ0n) is 18.4. The van der Waals surface area contributed by atoms with Gasteiger partial charge in [0.25, 0.3) is 0 Å². The van der Waals surface area contributed by atoms with Crippen molar-refractivity contribution in [3.05, 3.63) is 115 Å². The fourth-order valence-electron chi connectivity index (χ4n) is 3.65. The molecule has 0 saturated carbocycles. The van der Waals surface area contributed by atoms with Crippen molar-refractivity contribution in [3.8, 4) is 28.1 Å². The molecule has 2 aromatic heterocycles. The van der Waals surface area contributed by atoms with Crippen molar-refractivity contribution in [2.75, 3.05) is 0 Å². The third-order valence-electron chi connectivity index (χ3n) is 5.20. The van der Waals surface area contributed by atoms with Gasteiger partial charge >= 0.3 is 5.97 Å². The Balaban J connectivity index is 0.000000267. The number of hydrogen-bond acceptors (Lipinski definition) is 4. The van der Waals surface area contributed by atoms with Crippen LogP contribution in [0.25, 0.3) is 33.3 Å². The third kappa shape index (κ3) is 5.91. The summed E-state index contributed by atoms with van der Waals surface area (Å²) in [7, 11) is 0. The maximum atomic E-state index is 10.1. The van der Waals surface area contributed by atoms with Crippen molar-refractivity contribution in [2.45, 2.75) is 6.61 Å². The van der Waals surface area contributed by atoms with Crippen molar-refractivity contribution in [2.24, 2.45) is 0 Å². The number of hydrogen-bond donors (Lipinski definition) is 1. The Bertz CT molecular complexity index is 1450. The van der Waals surface area contributed by atoms with E-state index in [1.807, 2.05) is 54.6 Å². The van der Waals surface area contributed by atoms with Crippen LogP contribution in [0.5, 0.6) is 5.75 Å². The molecule has 1 N–H and O–H groups in total. The van der Waals surface area contributed by atoms with Gasteiger partial charge in [-0.1, -0.05) is 24.3 Å². The Morgan fingerprint density at radius 1 is 0.943 bits per heavy atom. The average Bonchev–Trinajstić information content (AvgIpc) is 2.88. The maximum Gasteiger partial charge on any atom is 0.354 e. The van der Waals surface area contributed by atoms with Gasteiger partial charge in [-0.05, 0) is 24.3 Å². The molecule has 0 aliphatic carbocycles. The molecule has 5 aromatic rings. The molecule has 0 amide bonds. The van der Waals surface area contributed by atoms with E-state index < -0.39 is 5.97 Å². The van der Waals surface area contributed by atoms with Crippen LogP contribution in [-0.4, -0.2) is 21.0 Å². The van der Waals surface area contributed by atoms with Crippen molar-refractivity contribution >= 4 is 16.9 Å². The number of benzene rings is 3. The topological polar surface area (TPSA) is 72.3 Å². The van der Waals surface area contributed by atoms with Crippen molar-refractivity contribution in [1.29, 1.82) is 0 Å². The molecular weight excluding hydrogens is 693 g/mol. The van der Waals surface area contributed by atoms with Crippen molar-refractivity contribution < 1.29 is 67.5 Å². The fourth-order valence-corrected chi connectivity index (χ4v) is 3.65. The molecule has 2 radical (unpaired) electrons. The van der Waals surface area contributed by atoms with Crippen LogP contribution in [0, 0.1) is 18.2 Å². The monoisotopic (exact) mass is 711 g/mol. The summed E-state index contributed by atoms with van der Waals surface area (Å²) in [5, 5.41) is 9.40. The summed E-state index contributed by atoms with van der Waals surface area (Å²) in [6.45, 7) is 0.494. The van der Waals surface area contributed by atoms with Gasteiger partial charge in [-0.25, -0.2) is 32.5 Å². The second kappa shape index (κ2) is 12.3. The molecular formula is C28H17IrN2O3Y-3. The molecule has 0 spiro atoms. The summed E-state index contributed by atoms with van der Waals surface area (Å²) in [4.78, 5) is 18.5. The number of rotatable bonds is 2. The third-order valence-corrected chi connectivity index (χ3v) is 5.20. The largest absolute Gasteiger partial charge is 0.505 e. The van der Waals surface area contributed by atoms with E-state index in [-0.39, 0.29) is 58.5 Å². The van der Waals surface area contributed by atoms with Crippen LogP contribution in [0.2, 0.25) is 0 Å². The van der Waals surface area contributed by atoms with Crippen LogP contribution >= 0.6 is 0 Å². The molecule has 1 aliphatic heterocycles. The Labute approximate surface area is 241 Å². The Hall–Kier alpha value is -2.76. The Morgan fingerprint density at radius 2 is 1.71 bits per heavy atom. The van der Waals surface area contributed by atoms with E-state index >= 15 is 0 Å². The molecule has 35 heavy (non-hydrogen) atoms. The molecule has 3 heterocycles. The molecule has 1 aliphatic rings. The summed E-state index contributed by atoms with van der Waals surface area (Å²) < 4.78 is 6.00. The van der Waals surface area contributed by atoms with Gasteiger partial charge < -0.3 is 27.0 Å². The molecule has 0 atom stereocenters. The van der Waals surface area contributed by atoms with Gasteiger partial charge in [-0.2, -0.15) is 17.7 Å². The van der Waals surface area contributed by atoms with Crippen molar-refractivity contribution in [1.82, 2.24) is 9.97 Å². The normalized spacial score (nSPS) is 10.7. The second-order valence-corrected chi connectivity index (χ2v) is 7.27. The summed E-state index contributed by atoms with van der Waals surface area (Å²) in [5.74, 6) is -0.178. The van der Waals surface area contributed by atoms with E-state index in [4.69, 9.17) is 14.8 Å². The van der Waals surface area contributed by atoms with Crippen LogP contribution in [0.3, 0.4) is 0 Å². The molecule has 0 fully saturated rings. The van der Waals surface area contributed by atoms with E-state index in [2.05, 4.69) is 29.2 Å². The molecule has 172 valence electrons. The number of carbonyl (C=O) groups is 1. The molecule has 5 nitrogen and oxygen atoms in total. The van der Waals surface area contributed by atoms with Gasteiger partial charge in [0.2, 0.25) is 0 Å². The van der Waals surface area contributed by atoms with Gasteiger partial charge in [0.15, 0.2) is 0 Å².